The number of aromatic nitrogens is 1. The molecular formula is C19H26FN3O. The fraction of sp³-hybridized carbons (Fsp3) is 0.526. The van der Waals surface area contributed by atoms with Crippen molar-refractivity contribution in [2.24, 2.45) is 11.8 Å². The van der Waals surface area contributed by atoms with Gasteiger partial charge in [0.2, 0.25) is 0 Å². The molecule has 1 aromatic heterocycles. The summed E-state index contributed by atoms with van der Waals surface area (Å²) in [5.74, 6) is 1.02. The molecule has 1 fully saturated rings. The first-order valence-electron chi connectivity index (χ1n) is 8.80. The number of piperidine rings is 1. The lowest BCUT2D eigenvalue weighted by Gasteiger charge is -2.34. The highest BCUT2D eigenvalue weighted by Gasteiger charge is 2.21. The van der Waals surface area contributed by atoms with Crippen molar-refractivity contribution in [2.75, 3.05) is 26.2 Å². The summed E-state index contributed by atoms with van der Waals surface area (Å²) in [7, 11) is 0. The van der Waals surface area contributed by atoms with Crippen LogP contribution in [0.1, 0.15) is 37.2 Å². The van der Waals surface area contributed by atoms with Crippen LogP contribution in [-0.4, -0.2) is 42.0 Å². The lowest BCUT2D eigenvalue weighted by atomic mass is 9.92. The number of hydrogen-bond donors (Lipinski definition) is 2. The number of halogens is 1. The summed E-state index contributed by atoms with van der Waals surface area (Å²) in [6.45, 7) is 8.56. The average molecular weight is 331 g/mol. The molecule has 0 saturated carbocycles. The summed E-state index contributed by atoms with van der Waals surface area (Å²) in [5, 5.41) is 3.38. The molecule has 130 valence electrons. The van der Waals surface area contributed by atoms with Crippen LogP contribution in [0.4, 0.5) is 4.39 Å². The second kappa shape index (κ2) is 7.34. The largest absolute Gasteiger partial charge is 0.351 e. The zero-order valence-corrected chi connectivity index (χ0v) is 14.4. The predicted molar refractivity (Wildman–Crippen MR) is 94.6 cm³/mol. The van der Waals surface area contributed by atoms with Crippen LogP contribution in [0.3, 0.4) is 0 Å². The third kappa shape index (κ3) is 3.96. The highest BCUT2D eigenvalue weighted by atomic mass is 19.1. The molecule has 1 aromatic carbocycles. The highest BCUT2D eigenvalue weighted by Crippen LogP contribution is 2.21. The van der Waals surface area contributed by atoms with Crippen LogP contribution < -0.4 is 5.32 Å². The number of hydrogen-bond acceptors (Lipinski definition) is 2. The van der Waals surface area contributed by atoms with Gasteiger partial charge in [0.1, 0.15) is 11.5 Å². The molecule has 24 heavy (non-hydrogen) atoms. The molecule has 1 saturated heterocycles. The molecule has 1 amide bonds. The fourth-order valence-corrected chi connectivity index (χ4v) is 3.81. The third-order valence-corrected chi connectivity index (χ3v) is 4.74. The lowest BCUT2D eigenvalue weighted by molar-refractivity contribution is 0.0943. The van der Waals surface area contributed by atoms with E-state index < -0.39 is 0 Å². The van der Waals surface area contributed by atoms with Crippen molar-refractivity contribution >= 4 is 16.8 Å². The van der Waals surface area contributed by atoms with Gasteiger partial charge in [0.25, 0.3) is 5.91 Å². The van der Waals surface area contributed by atoms with Crippen molar-refractivity contribution in [3.05, 3.63) is 35.8 Å². The normalized spacial score (nSPS) is 22.0. The number of likely N-dealkylation sites (tertiary alicyclic amines) is 1. The molecule has 1 aliphatic rings. The zero-order chi connectivity index (χ0) is 17.1. The Balaban J connectivity index is 1.47. The number of rotatable bonds is 5. The van der Waals surface area contributed by atoms with Gasteiger partial charge in [-0.2, -0.15) is 0 Å². The van der Waals surface area contributed by atoms with Crippen molar-refractivity contribution in [3.63, 3.8) is 0 Å². The Kier molecular flexibility index (Phi) is 5.19. The summed E-state index contributed by atoms with van der Waals surface area (Å²) in [6, 6.07) is 6.39. The standard InChI is InChI=1S/C19H26FN3O/c1-13-9-14(2)12-23(11-13)8-4-7-21-19(24)18-10-15-16(20)5-3-6-17(15)22-18/h3,5-6,10,13-14,22H,4,7-9,11-12H2,1-2H3,(H,21,24). The molecule has 0 radical (unpaired) electrons. The van der Waals surface area contributed by atoms with Crippen LogP contribution >= 0.6 is 0 Å². The van der Waals surface area contributed by atoms with Gasteiger partial charge >= 0.3 is 0 Å². The Labute approximate surface area is 142 Å². The monoisotopic (exact) mass is 331 g/mol. The second-order valence-electron chi connectivity index (χ2n) is 7.20. The first-order valence-corrected chi connectivity index (χ1v) is 8.80. The van der Waals surface area contributed by atoms with Gasteiger partial charge in [-0.15, -0.1) is 0 Å². The summed E-state index contributed by atoms with van der Waals surface area (Å²) in [6.07, 6.45) is 2.24. The van der Waals surface area contributed by atoms with Crippen LogP contribution in [0.25, 0.3) is 10.9 Å². The lowest BCUT2D eigenvalue weighted by Crippen LogP contribution is -2.40. The maximum Gasteiger partial charge on any atom is 0.267 e. The number of aromatic amines is 1. The maximum absolute atomic E-state index is 13.7. The van der Waals surface area contributed by atoms with Gasteiger partial charge in [-0.25, -0.2) is 4.39 Å². The van der Waals surface area contributed by atoms with E-state index in [9.17, 15) is 9.18 Å². The van der Waals surface area contributed by atoms with Gasteiger partial charge in [0, 0.05) is 30.5 Å². The maximum atomic E-state index is 13.7. The minimum atomic E-state index is -0.309. The molecule has 2 atom stereocenters. The van der Waals surface area contributed by atoms with Crippen LogP contribution in [0.2, 0.25) is 0 Å². The number of amides is 1. The van der Waals surface area contributed by atoms with Gasteiger partial charge < -0.3 is 15.2 Å². The fourth-order valence-electron chi connectivity index (χ4n) is 3.81. The Hall–Kier alpha value is -1.88. The first kappa shape index (κ1) is 17.0. The van der Waals surface area contributed by atoms with Gasteiger partial charge in [-0.1, -0.05) is 19.9 Å². The molecular weight excluding hydrogens is 305 g/mol. The van der Waals surface area contributed by atoms with Crippen LogP contribution in [0, 0.1) is 17.7 Å². The van der Waals surface area contributed by atoms with E-state index in [4.69, 9.17) is 0 Å². The Morgan fingerprint density at radius 3 is 2.79 bits per heavy atom. The van der Waals surface area contributed by atoms with E-state index in [0.29, 0.717) is 23.1 Å². The molecule has 5 heteroatoms. The molecule has 2 aromatic rings. The second-order valence-corrected chi connectivity index (χ2v) is 7.20. The van der Waals surface area contributed by atoms with Crippen molar-refractivity contribution in [1.29, 1.82) is 0 Å². The van der Waals surface area contributed by atoms with Gasteiger partial charge in [-0.05, 0) is 49.4 Å². The summed E-state index contributed by atoms with van der Waals surface area (Å²) in [4.78, 5) is 17.7. The molecule has 0 aliphatic carbocycles. The Bertz CT molecular complexity index is 702. The molecule has 1 aliphatic heterocycles. The molecule has 2 heterocycles. The SMILES string of the molecule is CC1CC(C)CN(CCCNC(=O)c2cc3c(F)cccc3[nH]2)C1. The van der Waals surface area contributed by atoms with E-state index in [-0.39, 0.29) is 11.7 Å². The minimum Gasteiger partial charge on any atom is -0.351 e. The smallest absolute Gasteiger partial charge is 0.267 e. The van der Waals surface area contributed by atoms with Crippen LogP contribution in [-0.2, 0) is 0 Å². The van der Waals surface area contributed by atoms with E-state index in [0.717, 1.165) is 37.9 Å². The zero-order valence-electron chi connectivity index (χ0n) is 14.4. The molecule has 3 rings (SSSR count). The van der Waals surface area contributed by atoms with E-state index >= 15 is 0 Å². The number of benzene rings is 1. The summed E-state index contributed by atoms with van der Waals surface area (Å²) in [5.41, 5.74) is 1.06. The van der Waals surface area contributed by atoms with Gasteiger partial charge in [0.05, 0.1) is 0 Å². The number of carbonyl (C=O) groups is 1. The first-order chi connectivity index (χ1) is 11.5. The Morgan fingerprint density at radius 2 is 2.08 bits per heavy atom. The summed E-state index contributed by atoms with van der Waals surface area (Å²) < 4.78 is 13.7. The summed E-state index contributed by atoms with van der Waals surface area (Å²) >= 11 is 0. The van der Waals surface area contributed by atoms with Crippen molar-refractivity contribution < 1.29 is 9.18 Å². The van der Waals surface area contributed by atoms with E-state index in [1.165, 1.54) is 12.5 Å². The van der Waals surface area contributed by atoms with Gasteiger partial charge in [-0.3, -0.25) is 4.79 Å². The number of nitrogens with zero attached hydrogens (tertiary/aromatic N) is 1. The third-order valence-electron chi connectivity index (χ3n) is 4.74. The molecule has 2 unspecified atom stereocenters. The van der Waals surface area contributed by atoms with Crippen molar-refractivity contribution in [1.82, 2.24) is 15.2 Å². The van der Waals surface area contributed by atoms with E-state index in [2.05, 4.69) is 29.0 Å². The number of carbonyl (C=O) groups excluding carboxylic acids is 1. The van der Waals surface area contributed by atoms with Crippen molar-refractivity contribution in [3.8, 4) is 0 Å². The van der Waals surface area contributed by atoms with E-state index in [1.807, 2.05) is 0 Å². The van der Waals surface area contributed by atoms with Crippen LogP contribution in [0.15, 0.2) is 24.3 Å². The minimum absolute atomic E-state index is 0.175. The number of fused-ring (bicyclic) bond motifs is 1. The topological polar surface area (TPSA) is 48.1 Å². The molecule has 4 nitrogen and oxygen atoms in total. The van der Waals surface area contributed by atoms with Crippen molar-refractivity contribution in [2.45, 2.75) is 26.7 Å². The highest BCUT2D eigenvalue weighted by molar-refractivity contribution is 5.98. The Morgan fingerprint density at radius 1 is 1.33 bits per heavy atom. The average Bonchev–Trinajstić information content (AvgIpc) is 2.96. The molecule has 0 spiro atoms. The number of H-pyrrole nitrogens is 1. The van der Waals surface area contributed by atoms with Gasteiger partial charge in [0.15, 0.2) is 0 Å². The quantitative estimate of drug-likeness (QED) is 0.825. The van der Waals surface area contributed by atoms with E-state index in [1.54, 1.807) is 18.2 Å². The number of nitrogens with one attached hydrogen (secondary N) is 2. The molecule has 2 N–H and O–H groups in total. The predicted octanol–water partition coefficient (Wildman–Crippen LogP) is 3.40. The molecule has 0 bridgehead atoms. The van der Waals surface area contributed by atoms with Crippen LogP contribution in [0.5, 0.6) is 0 Å².